The highest BCUT2D eigenvalue weighted by Crippen LogP contribution is 2.27. The van der Waals surface area contributed by atoms with Crippen LogP contribution in [0.25, 0.3) is 0 Å². The molecule has 0 bridgehead atoms. The van der Waals surface area contributed by atoms with Gasteiger partial charge in [0.05, 0.1) is 35.9 Å². The first-order chi connectivity index (χ1) is 11.9. The number of nitrogens with one attached hydrogen (secondary N) is 1. The van der Waals surface area contributed by atoms with E-state index in [1.807, 2.05) is 6.92 Å². The molecule has 2 fully saturated rings. The maximum Gasteiger partial charge on any atom is 0.318 e. The minimum absolute atomic E-state index is 0.00605. The largest absolute Gasteiger partial charge is 0.376 e. The Morgan fingerprint density at radius 2 is 2.32 bits per heavy atom. The Bertz CT molecular complexity index is 711. The van der Waals surface area contributed by atoms with E-state index < -0.39 is 15.9 Å². The maximum atomic E-state index is 12.9. The van der Waals surface area contributed by atoms with Gasteiger partial charge in [0.2, 0.25) is 0 Å². The van der Waals surface area contributed by atoms with Crippen molar-refractivity contribution in [3.63, 3.8) is 0 Å². The summed E-state index contributed by atoms with van der Waals surface area (Å²) in [6, 6.07) is -0.788. The molecule has 2 aliphatic heterocycles. The Labute approximate surface area is 148 Å². The lowest BCUT2D eigenvalue weighted by molar-refractivity contribution is 0.0757. The van der Waals surface area contributed by atoms with Gasteiger partial charge in [-0.25, -0.2) is 13.2 Å². The Morgan fingerprint density at radius 3 is 2.92 bits per heavy atom. The topological polar surface area (TPSA) is 93.5 Å². The van der Waals surface area contributed by atoms with Crippen LogP contribution in [-0.2, 0) is 21.6 Å². The van der Waals surface area contributed by atoms with Crippen LogP contribution >= 0.6 is 0 Å². The zero-order valence-corrected chi connectivity index (χ0v) is 15.5. The van der Waals surface area contributed by atoms with Gasteiger partial charge in [0, 0.05) is 32.0 Å². The van der Waals surface area contributed by atoms with Gasteiger partial charge >= 0.3 is 6.03 Å². The first-order valence-corrected chi connectivity index (χ1v) is 10.6. The Balaban J connectivity index is 1.76. The number of hydrogen-bond acceptors (Lipinski definition) is 5. The molecule has 0 saturated carbocycles. The predicted octanol–water partition coefficient (Wildman–Crippen LogP) is 0.859. The summed E-state index contributed by atoms with van der Waals surface area (Å²) in [5.74, 6) is -0.0727. The molecule has 3 heterocycles. The summed E-state index contributed by atoms with van der Waals surface area (Å²) >= 11 is 0. The first kappa shape index (κ1) is 18.2. The van der Waals surface area contributed by atoms with E-state index in [0.29, 0.717) is 0 Å². The highest BCUT2D eigenvalue weighted by molar-refractivity contribution is 7.91. The van der Waals surface area contributed by atoms with E-state index in [0.717, 1.165) is 31.4 Å². The Morgan fingerprint density at radius 1 is 1.52 bits per heavy atom. The Hall–Kier alpha value is -1.61. The van der Waals surface area contributed by atoms with Crippen molar-refractivity contribution >= 4 is 15.9 Å². The van der Waals surface area contributed by atoms with Gasteiger partial charge in [0.25, 0.3) is 0 Å². The summed E-state index contributed by atoms with van der Waals surface area (Å²) in [6.45, 7) is 2.94. The van der Waals surface area contributed by atoms with Gasteiger partial charge in [-0.1, -0.05) is 6.92 Å². The molecule has 2 aliphatic rings. The van der Waals surface area contributed by atoms with E-state index >= 15 is 0 Å². The number of rotatable bonds is 4. The molecule has 0 aromatic carbocycles. The number of carbonyl (C=O) groups is 1. The maximum absolute atomic E-state index is 12.9. The zero-order chi connectivity index (χ0) is 18.0. The molecule has 3 atom stereocenters. The summed E-state index contributed by atoms with van der Waals surface area (Å²) < 4.78 is 31.5. The van der Waals surface area contributed by atoms with Crippen LogP contribution in [0.3, 0.4) is 0 Å². The predicted molar refractivity (Wildman–Crippen MR) is 92.9 cm³/mol. The quantitative estimate of drug-likeness (QED) is 0.848. The number of hydrogen-bond donors (Lipinski definition) is 1. The highest BCUT2D eigenvalue weighted by atomic mass is 32.2. The summed E-state index contributed by atoms with van der Waals surface area (Å²) in [7, 11) is -1.40. The SMILES string of the molecule is CC[C@H](NC(=O)N1CCS(=O)(=O)C[C@@H]1c1cnn(C)c1)[C@H]1CCCO1. The third-order valence-electron chi connectivity index (χ3n) is 4.96. The summed E-state index contributed by atoms with van der Waals surface area (Å²) in [4.78, 5) is 14.5. The normalized spacial score (nSPS) is 27.2. The van der Waals surface area contributed by atoms with Gasteiger partial charge in [-0.15, -0.1) is 0 Å². The lowest BCUT2D eigenvalue weighted by Crippen LogP contribution is -2.54. The highest BCUT2D eigenvalue weighted by Gasteiger charge is 2.37. The molecular formula is C16H26N4O4S. The number of aromatic nitrogens is 2. The number of amides is 2. The monoisotopic (exact) mass is 370 g/mol. The fraction of sp³-hybridized carbons (Fsp3) is 0.750. The van der Waals surface area contributed by atoms with Crippen LogP contribution in [0.5, 0.6) is 0 Å². The number of urea groups is 1. The molecule has 140 valence electrons. The van der Waals surface area contributed by atoms with Gasteiger partial charge in [-0.05, 0) is 19.3 Å². The molecule has 3 rings (SSSR count). The van der Waals surface area contributed by atoms with Crippen LogP contribution < -0.4 is 5.32 Å². The van der Waals surface area contributed by atoms with Crippen molar-refractivity contribution < 1.29 is 17.9 Å². The van der Waals surface area contributed by atoms with Crippen molar-refractivity contribution in [2.24, 2.45) is 7.05 Å². The molecule has 0 unspecified atom stereocenters. The lowest BCUT2D eigenvalue weighted by Gasteiger charge is -2.36. The molecule has 1 aromatic rings. The molecule has 1 aromatic heterocycles. The molecule has 9 heteroatoms. The fourth-order valence-corrected chi connectivity index (χ4v) is 5.05. The zero-order valence-electron chi connectivity index (χ0n) is 14.7. The average Bonchev–Trinajstić information content (AvgIpc) is 3.23. The van der Waals surface area contributed by atoms with Crippen molar-refractivity contribution in [3.05, 3.63) is 18.0 Å². The smallest absolute Gasteiger partial charge is 0.318 e. The molecule has 2 saturated heterocycles. The second-order valence-electron chi connectivity index (χ2n) is 6.79. The van der Waals surface area contributed by atoms with E-state index in [4.69, 9.17) is 4.74 Å². The van der Waals surface area contributed by atoms with Crippen LogP contribution in [0.2, 0.25) is 0 Å². The minimum atomic E-state index is -3.17. The second kappa shape index (κ2) is 7.33. The standard InChI is InChI=1S/C16H26N4O4S/c1-3-13(15-5-4-7-24-15)18-16(21)20-6-8-25(22,23)11-14(20)12-9-17-19(2)10-12/h9-10,13-15H,3-8,11H2,1-2H3,(H,18,21)/t13-,14+,15+/m0/s1. The third-order valence-corrected chi connectivity index (χ3v) is 6.59. The van der Waals surface area contributed by atoms with E-state index in [-0.39, 0.29) is 36.2 Å². The number of aryl methyl sites for hydroxylation is 1. The van der Waals surface area contributed by atoms with Crippen LogP contribution in [-0.4, -0.2) is 65.9 Å². The molecular weight excluding hydrogens is 344 g/mol. The minimum Gasteiger partial charge on any atom is -0.376 e. The average molecular weight is 370 g/mol. The van der Waals surface area contributed by atoms with Crippen LogP contribution in [0.1, 0.15) is 37.8 Å². The molecule has 0 radical (unpaired) electrons. The van der Waals surface area contributed by atoms with Crippen LogP contribution in [0, 0.1) is 0 Å². The van der Waals surface area contributed by atoms with E-state index in [1.165, 1.54) is 0 Å². The van der Waals surface area contributed by atoms with E-state index in [1.54, 1.807) is 29.0 Å². The number of nitrogens with zero attached hydrogens (tertiary/aromatic N) is 3. The molecule has 1 N–H and O–H groups in total. The lowest BCUT2D eigenvalue weighted by atomic mass is 10.1. The molecule has 0 aliphatic carbocycles. The number of ether oxygens (including phenoxy) is 1. The van der Waals surface area contributed by atoms with Gasteiger partial charge in [0.15, 0.2) is 9.84 Å². The van der Waals surface area contributed by atoms with Crippen LogP contribution in [0.4, 0.5) is 4.79 Å². The van der Waals surface area contributed by atoms with Crippen molar-refractivity contribution in [3.8, 4) is 0 Å². The summed E-state index contributed by atoms with van der Waals surface area (Å²) in [5, 5.41) is 7.17. The summed E-state index contributed by atoms with van der Waals surface area (Å²) in [5.41, 5.74) is 0.742. The molecule has 2 amide bonds. The fourth-order valence-electron chi connectivity index (χ4n) is 3.56. The van der Waals surface area contributed by atoms with Crippen molar-refractivity contribution in [2.75, 3.05) is 24.7 Å². The number of carbonyl (C=O) groups excluding carboxylic acids is 1. The van der Waals surface area contributed by atoms with Gasteiger partial charge < -0.3 is 15.0 Å². The van der Waals surface area contributed by atoms with Gasteiger partial charge in [-0.2, -0.15) is 5.10 Å². The first-order valence-electron chi connectivity index (χ1n) is 8.77. The second-order valence-corrected chi connectivity index (χ2v) is 9.02. The molecule has 25 heavy (non-hydrogen) atoms. The summed E-state index contributed by atoms with van der Waals surface area (Å²) in [6.07, 6.45) is 6.17. The van der Waals surface area contributed by atoms with Gasteiger partial charge in [-0.3, -0.25) is 4.68 Å². The van der Waals surface area contributed by atoms with Crippen molar-refractivity contribution in [1.82, 2.24) is 20.0 Å². The van der Waals surface area contributed by atoms with Crippen molar-refractivity contribution in [2.45, 2.75) is 44.4 Å². The van der Waals surface area contributed by atoms with E-state index in [2.05, 4.69) is 10.4 Å². The Kier molecular flexibility index (Phi) is 5.33. The molecule has 8 nitrogen and oxygen atoms in total. The van der Waals surface area contributed by atoms with E-state index in [9.17, 15) is 13.2 Å². The number of sulfone groups is 1. The van der Waals surface area contributed by atoms with Crippen LogP contribution in [0.15, 0.2) is 12.4 Å². The third kappa shape index (κ3) is 4.14. The molecule has 0 spiro atoms. The van der Waals surface area contributed by atoms with Crippen molar-refractivity contribution in [1.29, 1.82) is 0 Å². The van der Waals surface area contributed by atoms with Gasteiger partial charge in [0.1, 0.15) is 0 Å².